The van der Waals surface area contributed by atoms with Gasteiger partial charge in [0.15, 0.2) is 12.1 Å². The van der Waals surface area contributed by atoms with Gasteiger partial charge in [-0.3, -0.25) is 0 Å². The summed E-state index contributed by atoms with van der Waals surface area (Å²) < 4.78 is 15.7. The lowest BCUT2D eigenvalue weighted by atomic mass is 10.2. The molecule has 0 amide bonds. The van der Waals surface area contributed by atoms with E-state index in [-0.39, 0.29) is 12.2 Å². The number of hydrogen-bond donors (Lipinski definition) is 1. The second-order valence-electron chi connectivity index (χ2n) is 3.36. The van der Waals surface area contributed by atoms with Crippen molar-refractivity contribution in [2.45, 2.75) is 38.1 Å². The van der Waals surface area contributed by atoms with Gasteiger partial charge in [-0.25, -0.2) is 0 Å². The Morgan fingerprint density at radius 1 is 1.36 bits per heavy atom. The van der Waals surface area contributed by atoms with Gasteiger partial charge in [0.2, 0.25) is 0 Å². The number of hydrogen-bond acceptors (Lipinski definition) is 4. The van der Waals surface area contributed by atoms with Crippen molar-refractivity contribution in [1.29, 1.82) is 0 Å². The standard InChI is InChI=1S/C7H12O4/c1-7(2)10-4-3-9-6(8)5(4)11-7/h4-6,8H,3H2,1-2H3/t4-,5-,6+/m1/s1. The first-order valence-electron chi connectivity index (χ1n) is 3.74. The van der Waals surface area contributed by atoms with Crippen molar-refractivity contribution in [3.8, 4) is 0 Å². The fourth-order valence-electron chi connectivity index (χ4n) is 1.52. The van der Waals surface area contributed by atoms with E-state index in [0.717, 1.165) is 0 Å². The minimum atomic E-state index is -0.818. The van der Waals surface area contributed by atoms with Crippen molar-refractivity contribution >= 4 is 0 Å². The Kier molecular flexibility index (Phi) is 1.47. The maximum Gasteiger partial charge on any atom is 0.184 e. The number of aliphatic hydroxyl groups excluding tert-OH is 1. The van der Waals surface area contributed by atoms with Crippen LogP contribution in [0.15, 0.2) is 0 Å². The Morgan fingerprint density at radius 2 is 2.09 bits per heavy atom. The molecule has 0 aromatic heterocycles. The summed E-state index contributed by atoms with van der Waals surface area (Å²) in [4.78, 5) is 0. The molecular weight excluding hydrogens is 148 g/mol. The Bertz CT molecular complexity index is 168. The van der Waals surface area contributed by atoms with E-state index in [1.54, 1.807) is 0 Å². The highest BCUT2D eigenvalue weighted by Gasteiger charge is 2.49. The Labute approximate surface area is 65.1 Å². The number of ether oxygens (including phenoxy) is 3. The van der Waals surface area contributed by atoms with Gasteiger partial charge in [-0.2, -0.15) is 0 Å². The van der Waals surface area contributed by atoms with E-state index in [1.807, 2.05) is 13.8 Å². The number of rotatable bonds is 0. The Morgan fingerprint density at radius 3 is 2.73 bits per heavy atom. The smallest absolute Gasteiger partial charge is 0.184 e. The second kappa shape index (κ2) is 2.17. The first-order valence-corrected chi connectivity index (χ1v) is 3.74. The molecule has 0 saturated carbocycles. The topological polar surface area (TPSA) is 47.9 Å². The quantitative estimate of drug-likeness (QED) is 0.535. The summed E-state index contributed by atoms with van der Waals surface area (Å²) in [7, 11) is 0. The van der Waals surface area contributed by atoms with Crippen LogP contribution >= 0.6 is 0 Å². The van der Waals surface area contributed by atoms with Gasteiger partial charge in [0.1, 0.15) is 12.2 Å². The van der Waals surface area contributed by atoms with Gasteiger partial charge in [-0.15, -0.1) is 0 Å². The normalized spacial score (nSPS) is 47.7. The molecule has 0 aromatic carbocycles. The maximum absolute atomic E-state index is 9.20. The van der Waals surface area contributed by atoms with E-state index in [1.165, 1.54) is 0 Å². The third-order valence-electron chi connectivity index (χ3n) is 1.93. The van der Waals surface area contributed by atoms with E-state index >= 15 is 0 Å². The molecule has 1 N–H and O–H groups in total. The third-order valence-corrected chi connectivity index (χ3v) is 1.93. The lowest BCUT2D eigenvalue weighted by Gasteiger charge is -2.19. The Balaban J connectivity index is 2.10. The van der Waals surface area contributed by atoms with Crippen LogP contribution in [0.3, 0.4) is 0 Å². The summed E-state index contributed by atoms with van der Waals surface area (Å²) in [6, 6.07) is 0. The molecule has 0 aromatic rings. The van der Waals surface area contributed by atoms with Gasteiger partial charge in [-0.05, 0) is 13.8 Å². The summed E-state index contributed by atoms with van der Waals surface area (Å²) in [6.45, 7) is 4.09. The van der Waals surface area contributed by atoms with Crippen molar-refractivity contribution in [2.24, 2.45) is 0 Å². The minimum Gasteiger partial charge on any atom is -0.366 e. The monoisotopic (exact) mass is 160 g/mol. The highest BCUT2D eigenvalue weighted by atomic mass is 16.8. The zero-order valence-electron chi connectivity index (χ0n) is 6.61. The highest BCUT2D eigenvalue weighted by Crippen LogP contribution is 2.33. The fraction of sp³-hybridized carbons (Fsp3) is 1.00. The molecule has 64 valence electrons. The molecule has 0 unspecified atom stereocenters. The third kappa shape index (κ3) is 1.16. The van der Waals surface area contributed by atoms with Crippen LogP contribution < -0.4 is 0 Å². The number of fused-ring (bicyclic) bond motifs is 1. The Hall–Kier alpha value is -0.160. The van der Waals surface area contributed by atoms with E-state index in [0.29, 0.717) is 6.61 Å². The first kappa shape index (κ1) is 7.49. The molecule has 0 aliphatic carbocycles. The van der Waals surface area contributed by atoms with Crippen molar-refractivity contribution in [2.75, 3.05) is 6.61 Å². The van der Waals surface area contributed by atoms with Crippen molar-refractivity contribution < 1.29 is 19.3 Å². The zero-order valence-corrected chi connectivity index (χ0v) is 6.61. The van der Waals surface area contributed by atoms with Crippen LogP contribution in [0.1, 0.15) is 13.8 Å². The van der Waals surface area contributed by atoms with Crippen LogP contribution in [-0.2, 0) is 14.2 Å². The van der Waals surface area contributed by atoms with Gasteiger partial charge in [0.05, 0.1) is 6.61 Å². The molecule has 0 radical (unpaired) electrons. The first-order chi connectivity index (χ1) is 5.08. The highest BCUT2D eigenvalue weighted by molar-refractivity contribution is 4.87. The predicted molar refractivity (Wildman–Crippen MR) is 35.8 cm³/mol. The van der Waals surface area contributed by atoms with Crippen LogP contribution in [-0.4, -0.2) is 36.0 Å². The molecule has 4 heteroatoms. The average Bonchev–Trinajstić information content (AvgIpc) is 2.31. The summed E-state index contributed by atoms with van der Waals surface area (Å²) in [5, 5.41) is 9.20. The van der Waals surface area contributed by atoms with Gasteiger partial charge in [0, 0.05) is 0 Å². The van der Waals surface area contributed by atoms with E-state index in [4.69, 9.17) is 14.2 Å². The SMILES string of the molecule is CC1(C)O[C@H]2[C@@H](O)OC[C@H]2O1. The van der Waals surface area contributed by atoms with E-state index in [2.05, 4.69) is 0 Å². The van der Waals surface area contributed by atoms with Crippen molar-refractivity contribution in [1.82, 2.24) is 0 Å². The van der Waals surface area contributed by atoms with Gasteiger partial charge in [-0.1, -0.05) is 0 Å². The van der Waals surface area contributed by atoms with Gasteiger partial charge >= 0.3 is 0 Å². The van der Waals surface area contributed by atoms with Crippen molar-refractivity contribution in [3.05, 3.63) is 0 Å². The van der Waals surface area contributed by atoms with E-state index < -0.39 is 12.1 Å². The van der Waals surface area contributed by atoms with Crippen molar-refractivity contribution in [3.63, 3.8) is 0 Å². The summed E-state index contributed by atoms with van der Waals surface area (Å²) in [5.74, 6) is -0.569. The number of aliphatic hydroxyl groups is 1. The molecule has 2 heterocycles. The molecule has 0 bridgehead atoms. The molecule has 3 atom stereocenters. The molecule has 2 saturated heterocycles. The fourth-order valence-corrected chi connectivity index (χ4v) is 1.52. The summed E-state index contributed by atoms with van der Waals surface area (Å²) in [5.41, 5.74) is 0. The molecule has 2 aliphatic heterocycles. The van der Waals surface area contributed by atoms with Crippen LogP contribution in [0.2, 0.25) is 0 Å². The molecule has 0 spiro atoms. The molecule has 4 nitrogen and oxygen atoms in total. The van der Waals surface area contributed by atoms with Crippen LogP contribution in [0.25, 0.3) is 0 Å². The molecule has 2 fully saturated rings. The van der Waals surface area contributed by atoms with Crippen LogP contribution in [0, 0.1) is 0 Å². The van der Waals surface area contributed by atoms with Crippen LogP contribution in [0.5, 0.6) is 0 Å². The summed E-state index contributed by atoms with van der Waals surface area (Å²) >= 11 is 0. The zero-order chi connectivity index (χ0) is 8.06. The second-order valence-corrected chi connectivity index (χ2v) is 3.36. The van der Waals surface area contributed by atoms with Gasteiger partial charge in [0.25, 0.3) is 0 Å². The minimum absolute atomic E-state index is 0.0972. The molecule has 2 aliphatic rings. The lowest BCUT2D eigenvalue weighted by Crippen LogP contribution is -2.29. The summed E-state index contributed by atoms with van der Waals surface area (Å²) in [6.07, 6.45) is -1.22. The molecular formula is C7H12O4. The van der Waals surface area contributed by atoms with E-state index in [9.17, 15) is 5.11 Å². The maximum atomic E-state index is 9.20. The lowest BCUT2D eigenvalue weighted by molar-refractivity contribution is -0.205. The predicted octanol–water partition coefficient (Wildman–Crippen LogP) is -0.145. The largest absolute Gasteiger partial charge is 0.366 e. The molecule has 11 heavy (non-hydrogen) atoms. The van der Waals surface area contributed by atoms with Gasteiger partial charge < -0.3 is 19.3 Å². The van der Waals surface area contributed by atoms with Crippen LogP contribution in [0.4, 0.5) is 0 Å². The molecule has 2 rings (SSSR count). The average molecular weight is 160 g/mol.